The van der Waals surface area contributed by atoms with Gasteiger partial charge in [0.05, 0.1) is 46.4 Å². The monoisotopic (exact) mass is 709 g/mol. The minimum absolute atomic E-state index is 0.0484. The number of fused-ring (bicyclic) bond motifs is 4. The van der Waals surface area contributed by atoms with Gasteiger partial charge < -0.3 is 24.6 Å². The fourth-order valence-corrected chi connectivity index (χ4v) is 8.38. The van der Waals surface area contributed by atoms with Crippen LogP contribution in [0.5, 0.6) is 0 Å². The minimum Gasteiger partial charge on any atom is -0.465 e. The van der Waals surface area contributed by atoms with Gasteiger partial charge in [-0.3, -0.25) is 0 Å². The second-order valence-corrected chi connectivity index (χ2v) is 20.5. The molecule has 9 nitrogen and oxygen atoms in total. The number of nitrogens with one attached hydrogen (secondary N) is 1. The molecule has 4 atom stereocenters. The third-order valence-electron chi connectivity index (χ3n) is 9.70. The van der Waals surface area contributed by atoms with E-state index in [1.807, 2.05) is 26.0 Å². The van der Waals surface area contributed by atoms with E-state index in [4.69, 9.17) is 32.9 Å². The first-order chi connectivity index (χ1) is 22.7. The molecule has 1 aliphatic carbocycles. The first-order valence-corrected chi connectivity index (χ1v) is 20.6. The Kier molecular flexibility index (Phi) is 9.13. The fourth-order valence-electron chi connectivity index (χ4n) is 7.27. The van der Waals surface area contributed by atoms with Crippen molar-refractivity contribution in [3.05, 3.63) is 63.1 Å². The summed E-state index contributed by atoms with van der Waals surface area (Å²) in [5.74, 6) is -0.530. The average Bonchev–Trinajstić information content (AvgIpc) is 3.72. The summed E-state index contributed by atoms with van der Waals surface area (Å²) < 4.78 is 24.6. The van der Waals surface area contributed by atoms with Crippen LogP contribution in [0.15, 0.2) is 30.3 Å². The summed E-state index contributed by atoms with van der Waals surface area (Å²) in [7, 11) is -1.41. The average molecular weight is 711 g/mol. The summed E-state index contributed by atoms with van der Waals surface area (Å²) in [4.78, 5) is 31.4. The predicted molar refractivity (Wildman–Crippen MR) is 188 cm³/mol. The van der Waals surface area contributed by atoms with Crippen LogP contribution in [-0.4, -0.2) is 59.0 Å². The molecule has 0 unspecified atom stereocenters. The zero-order valence-corrected chi connectivity index (χ0v) is 30.0. The summed E-state index contributed by atoms with van der Waals surface area (Å²) in [6, 6.07) is 10.9. The number of aromatic nitrogens is 2. The molecule has 2 N–H and O–H groups in total. The SMILES string of the molecule is Cc1nc2c(F)c(-c3cccc(Cl)c3Cl)c(CCC#N)cc2c2c1cc([C@@H](C)NC(=O)OCC[Si](C)(C)C)n2[C@H]1[C@@H]2C[C@H]1N(C(=O)O)C2. The number of carboxylic acid groups (broad SMARTS) is 1. The van der Waals surface area contributed by atoms with Crippen molar-refractivity contribution in [2.75, 3.05) is 13.2 Å². The molecule has 2 amide bonds. The first kappa shape index (κ1) is 34.0. The second kappa shape index (κ2) is 12.9. The molecule has 2 aromatic heterocycles. The smallest absolute Gasteiger partial charge is 0.407 e. The van der Waals surface area contributed by atoms with Gasteiger partial charge in [0.25, 0.3) is 0 Å². The summed E-state index contributed by atoms with van der Waals surface area (Å²) >= 11 is 13.0. The predicted octanol–water partition coefficient (Wildman–Crippen LogP) is 9.12. The molecule has 4 heterocycles. The van der Waals surface area contributed by atoms with E-state index in [2.05, 4.69) is 35.6 Å². The van der Waals surface area contributed by atoms with Gasteiger partial charge in [-0.05, 0) is 56.5 Å². The van der Waals surface area contributed by atoms with Gasteiger partial charge in [-0.2, -0.15) is 5.26 Å². The zero-order valence-electron chi connectivity index (χ0n) is 27.5. The molecular weight excluding hydrogens is 672 g/mol. The third kappa shape index (κ3) is 5.99. The Labute approximate surface area is 289 Å². The van der Waals surface area contributed by atoms with E-state index >= 15 is 4.39 Å². The molecular formula is C35H38Cl2FN5O4Si. The zero-order chi connectivity index (χ0) is 34.7. The highest BCUT2D eigenvalue weighted by atomic mass is 35.5. The fraction of sp³-hybridized carbons (Fsp3) is 0.429. The Bertz CT molecular complexity index is 2010. The van der Waals surface area contributed by atoms with E-state index in [0.717, 1.165) is 23.5 Å². The number of halogens is 3. The number of benzene rings is 2. The molecule has 4 aromatic rings. The molecule has 48 heavy (non-hydrogen) atoms. The number of hydrogen-bond acceptors (Lipinski definition) is 5. The van der Waals surface area contributed by atoms with E-state index in [9.17, 15) is 20.0 Å². The summed E-state index contributed by atoms with van der Waals surface area (Å²) in [6.45, 7) is 11.0. The molecule has 3 aliphatic rings. The van der Waals surface area contributed by atoms with E-state index in [-0.39, 0.29) is 52.0 Å². The lowest BCUT2D eigenvalue weighted by atomic mass is 9.79. The Hall–Kier alpha value is -3.85. The largest absolute Gasteiger partial charge is 0.465 e. The number of nitrogens with zero attached hydrogens (tertiary/aromatic N) is 4. The van der Waals surface area contributed by atoms with Gasteiger partial charge >= 0.3 is 12.2 Å². The number of rotatable bonds is 9. The molecule has 2 bridgehead atoms. The van der Waals surface area contributed by atoms with Crippen LogP contribution in [0.2, 0.25) is 35.7 Å². The summed E-state index contributed by atoms with van der Waals surface area (Å²) in [5, 5.41) is 24.2. The molecule has 0 radical (unpaired) electrons. The number of hydrogen-bond donors (Lipinski definition) is 2. The van der Waals surface area contributed by atoms with Crippen LogP contribution in [-0.2, 0) is 11.2 Å². The van der Waals surface area contributed by atoms with Crippen molar-refractivity contribution in [2.24, 2.45) is 5.92 Å². The van der Waals surface area contributed by atoms with Gasteiger partial charge in [0, 0.05) is 60.2 Å². The van der Waals surface area contributed by atoms with Gasteiger partial charge in [-0.1, -0.05) is 55.0 Å². The Balaban J connectivity index is 1.56. The van der Waals surface area contributed by atoms with E-state index < -0.39 is 32.1 Å². The normalized spacial score (nSPS) is 19.3. The number of amides is 2. The molecule has 3 fully saturated rings. The van der Waals surface area contributed by atoms with Crippen molar-refractivity contribution >= 4 is 65.3 Å². The number of nitriles is 1. The Morgan fingerprint density at radius 1 is 1.25 bits per heavy atom. The number of carbonyl (C=O) groups excluding carboxylic acids is 1. The second-order valence-electron chi connectivity index (χ2n) is 14.1. The van der Waals surface area contributed by atoms with Crippen molar-refractivity contribution in [3.63, 3.8) is 0 Å². The van der Waals surface area contributed by atoms with Gasteiger partial charge in [0.15, 0.2) is 5.82 Å². The number of alkyl carbamates (subject to hydrolysis) is 1. The van der Waals surface area contributed by atoms with E-state index in [0.29, 0.717) is 40.9 Å². The molecule has 0 spiro atoms. The highest BCUT2D eigenvalue weighted by molar-refractivity contribution is 6.76. The maximum atomic E-state index is 17.0. The minimum atomic E-state index is -1.41. The van der Waals surface area contributed by atoms with Crippen molar-refractivity contribution < 1.29 is 23.8 Å². The van der Waals surface area contributed by atoms with Gasteiger partial charge in [-0.25, -0.2) is 19.0 Å². The third-order valence-corrected chi connectivity index (χ3v) is 12.2. The van der Waals surface area contributed by atoms with Crippen molar-refractivity contribution in [3.8, 4) is 17.2 Å². The van der Waals surface area contributed by atoms with Crippen LogP contribution in [0, 0.1) is 30.0 Å². The highest BCUT2D eigenvalue weighted by Gasteiger charge is 2.55. The van der Waals surface area contributed by atoms with Gasteiger partial charge in [-0.15, -0.1) is 0 Å². The highest BCUT2D eigenvalue weighted by Crippen LogP contribution is 2.53. The number of pyridine rings is 1. The van der Waals surface area contributed by atoms with Crippen LogP contribution in [0.4, 0.5) is 14.0 Å². The molecule has 2 aliphatic heterocycles. The lowest BCUT2D eigenvalue weighted by Crippen LogP contribution is -2.43. The maximum absolute atomic E-state index is 17.0. The molecule has 7 rings (SSSR count). The number of carbonyl (C=O) groups is 2. The quantitative estimate of drug-likeness (QED) is 0.167. The lowest BCUT2D eigenvalue weighted by molar-refractivity contribution is 0.123. The Morgan fingerprint density at radius 3 is 2.67 bits per heavy atom. The van der Waals surface area contributed by atoms with Crippen LogP contribution in [0.1, 0.15) is 48.8 Å². The van der Waals surface area contributed by atoms with Crippen molar-refractivity contribution in [1.82, 2.24) is 19.8 Å². The van der Waals surface area contributed by atoms with E-state index in [1.165, 1.54) is 4.90 Å². The van der Waals surface area contributed by atoms with Gasteiger partial charge in [0.1, 0.15) is 5.52 Å². The van der Waals surface area contributed by atoms with Crippen LogP contribution in [0.25, 0.3) is 32.9 Å². The molecule has 2 aromatic carbocycles. The van der Waals surface area contributed by atoms with Crippen LogP contribution in [0.3, 0.4) is 0 Å². The van der Waals surface area contributed by atoms with Gasteiger partial charge in [0.2, 0.25) is 0 Å². The van der Waals surface area contributed by atoms with Crippen LogP contribution >= 0.6 is 23.2 Å². The molecule has 13 heteroatoms. The number of aryl methyl sites for hydroxylation is 2. The molecule has 2 saturated heterocycles. The summed E-state index contributed by atoms with van der Waals surface area (Å²) in [5.41, 5.74) is 3.39. The lowest BCUT2D eigenvalue weighted by Gasteiger charge is -2.39. The topological polar surface area (TPSA) is 120 Å². The van der Waals surface area contributed by atoms with E-state index in [1.54, 1.807) is 18.2 Å². The standard InChI is InChI=1S/C35H38Cl2FN5O4Si/c1-18-23-16-26(19(2)41-34(44)47-12-13-48(3,4)5)43(32-21-15-27(32)42(17-21)35(45)46)33(23)24-14-20(8-7-11-39)28(30(38)31(24)40-18)22-9-6-10-25(36)29(22)37/h6,9-10,14,16,19,21,27,32H,7-8,12-13,15,17H2,1-5H3,(H,41,44)(H,45,46)/t19-,21-,27-,32+/m1/s1. The van der Waals surface area contributed by atoms with Crippen molar-refractivity contribution in [2.45, 2.75) is 76.9 Å². The first-order valence-electron chi connectivity index (χ1n) is 16.1. The molecule has 252 valence electrons. The van der Waals surface area contributed by atoms with Crippen molar-refractivity contribution in [1.29, 1.82) is 5.26 Å². The summed E-state index contributed by atoms with van der Waals surface area (Å²) in [6.07, 6.45) is -0.388. The Morgan fingerprint density at radius 2 is 2.00 bits per heavy atom. The maximum Gasteiger partial charge on any atom is 0.407 e. The van der Waals surface area contributed by atoms with Crippen LogP contribution < -0.4 is 5.32 Å². The number of ether oxygens (including phenoxy) is 1. The molecule has 1 saturated carbocycles.